The Balaban J connectivity index is 2.53. The molecule has 0 aliphatic heterocycles. The van der Waals surface area contributed by atoms with E-state index >= 15 is 0 Å². The fourth-order valence-electron chi connectivity index (χ4n) is 1.64. The van der Waals surface area contributed by atoms with E-state index in [9.17, 15) is 9.18 Å². The molecule has 2 rings (SSSR count). The quantitative estimate of drug-likeness (QED) is 0.671. The van der Waals surface area contributed by atoms with E-state index in [0.717, 1.165) is 9.13 Å². The van der Waals surface area contributed by atoms with Crippen LogP contribution in [0.15, 0.2) is 12.1 Å². The number of ketones is 1. The van der Waals surface area contributed by atoms with E-state index in [1.165, 1.54) is 6.07 Å². The average molecular weight is 290 g/mol. The van der Waals surface area contributed by atoms with Crippen molar-refractivity contribution < 1.29 is 9.18 Å². The van der Waals surface area contributed by atoms with Crippen LogP contribution in [-0.4, -0.2) is 5.78 Å². The van der Waals surface area contributed by atoms with Crippen LogP contribution in [0, 0.1) is 9.39 Å². The van der Waals surface area contributed by atoms with E-state index in [-0.39, 0.29) is 18.0 Å². The summed E-state index contributed by atoms with van der Waals surface area (Å²) < 4.78 is 14.3. The van der Waals surface area contributed by atoms with Gasteiger partial charge in [-0.2, -0.15) is 0 Å². The minimum absolute atomic E-state index is 0.146. The Hall–Kier alpha value is -0.450. The lowest BCUT2D eigenvalue weighted by molar-refractivity contribution is -0.118. The van der Waals surface area contributed by atoms with E-state index < -0.39 is 0 Å². The minimum Gasteiger partial charge on any atom is -0.299 e. The smallest absolute Gasteiger partial charge is 0.137 e. The molecule has 0 radical (unpaired) electrons. The maximum atomic E-state index is 13.3. The van der Waals surface area contributed by atoms with Gasteiger partial charge in [-0.25, -0.2) is 4.39 Å². The van der Waals surface area contributed by atoms with Crippen molar-refractivity contribution in [1.82, 2.24) is 0 Å². The van der Waals surface area contributed by atoms with Crippen LogP contribution in [0.25, 0.3) is 0 Å². The first kappa shape index (κ1) is 9.12. The van der Waals surface area contributed by atoms with Crippen molar-refractivity contribution in [2.24, 2.45) is 0 Å². The molecule has 1 nitrogen and oxygen atoms in total. The van der Waals surface area contributed by atoms with Gasteiger partial charge in [-0.3, -0.25) is 4.79 Å². The van der Waals surface area contributed by atoms with Gasteiger partial charge in [-0.1, -0.05) is 0 Å². The van der Waals surface area contributed by atoms with Gasteiger partial charge in [-0.05, 0) is 52.3 Å². The predicted octanol–water partition coefficient (Wildman–Crippen LogP) is 2.49. The molecule has 0 amide bonds. The highest BCUT2D eigenvalue weighted by molar-refractivity contribution is 14.1. The van der Waals surface area contributed by atoms with Crippen LogP contribution in [-0.2, 0) is 17.6 Å². The fraction of sp³-hybridized carbons (Fsp3) is 0.300. The second kappa shape index (κ2) is 3.36. The molecule has 0 unspecified atom stereocenters. The van der Waals surface area contributed by atoms with E-state index in [1.807, 2.05) is 6.07 Å². The molecule has 0 fully saturated rings. The third-order valence-corrected chi connectivity index (χ3v) is 2.92. The van der Waals surface area contributed by atoms with Gasteiger partial charge in [0.25, 0.3) is 0 Å². The molecule has 0 spiro atoms. The number of carbonyl (C=O) groups is 1. The number of benzene rings is 1. The Morgan fingerprint density at radius 2 is 2.08 bits per heavy atom. The molecule has 13 heavy (non-hydrogen) atoms. The highest BCUT2D eigenvalue weighted by atomic mass is 127. The maximum Gasteiger partial charge on any atom is 0.137 e. The first-order chi connectivity index (χ1) is 6.16. The molecule has 1 aliphatic rings. The van der Waals surface area contributed by atoms with Crippen LogP contribution >= 0.6 is 22.6 Å². The van der Waals surface area contributed by atoms with Gasteiger partial charge in [0.15, 0.2) is 0 Å². The largest absolute Gasteiger partial charge is 0.299 e. The molecule has 0 aromatic heterocycles. The van der Waals surface area contributed by atoms with Gasteiger partial charge in [0.2, 0.25) is 0 Å². The van der Waals surface area contributed by atoms with Crippen molar-refractivity contribution in [3.8, 4) is 0 Å². The lowest BCUT2D eigenvalue weighted by atomic mass is 9.91. The maximum absolute atomic E-state index is 13.3. The Labute approximate surface area is 89.5 Å². The first-order valence-electron chi connectivity index (χ1n) is 4.15. The number of carbonyl (C=O) groups excluding carboxylic acids is 1. The Morgan fingerprint density at radius 1 is 1.31 bits per heavy atom. The first-order valence-corrected chi connectivity index (χ1v) is 5.23. The van der Waals surface area contributed by atoms with Crippen LogP contribution in [0.4, 0.5) is 4.39 Å². The number of Topliss-reactive ketones (excluding diaryl/α,β-unsaturated/α-hetero) is 1. The Morgan fingerprint density at radius 3 is 2.85 bits per heavy atom. The second-order valence-electron chi connectivity index (χ2n) is 3.24. The lowest BCUT2D eigenvalue weighted by Crippen LogP contribution is -2.15. The molecule has 1 aromatic carbocycles. The van der Waals surface area contributed by atoms with Gasteiger partial charge in [0.05, 0.1) is 0 Å². The van der Waals surface area contributed by atoms with Crippen molar-refractivity contribution in [1.29, 1.82) is 0 Å². The average Bonchev–Trinajstić information content (AvgIpc) is 2.06. The third-order valence-electron chi connectivity index (χ3n) is 2.30. The van der Waals surface area contributed by atoms with Crippen LogP contribution in [0.3, 0.4) is 0 Å². The molecule has 0 bridgehead atoms. The lowest BCUT2D eigenvalue weighted by Gasteiger charge is -2.15. The van der Waals surface area contributed by atoms with Crippen LogP contribution in [0.2, 0.25) is 0 Å². The van der Waals surface area contributed by atoms with E-state index in [4.69, 9.17) is 0 Å². The van der Waals surface area contributed by atoms with E-state index in [1.54, 1.807) is 0 Å². The molecule has 68 valence electrons. The minimum atomic E-state index is -0.227. The zero-order valence-corrected chi connectivity index (χ0v) is 9.10. The summed E-state index contributed by atoms with van der Waals surface area (Å²) in [6, 6.07) is 3.45. The van der Waals surface area contributed by atoms with Gasteiger partial charge in [-0.15, -0.1) is 0 Å². The summed E-state index contributed by atoms with van der Waals surface area (Å²) in [5.74, 6) is -0.0810. The highest BCUT2D eigenvalue weighted by Gasteiger charge is 2.19. The zero-order valence-electron chi connectivity index (χ0n) is 6.94. The van der Waals surface area contributed by atoms with E-state index in [2.05, 4.69) is 22.6 Å². The fourth-order valence-corrected chi connectivity index (χ4v) is 2.29. The van der Waals surface area contributed by atoms with Gasteiger partial charge in [0.1, 0.15) is 11.6 Å². The molecule has 0 N–H and O–H groups in total. The van der Waals surface area contributed by atoms with Crippen molar-refractivity contribution >= 4 is 28.4 Å². The summed E-state index contributed by atoms with van der Waals surface area (Å²) >= 11 is 2.09. The van der Waals surface area contributed by atoms with Crippen molar-refractivity contribution in [3.05, 3.63) is 32.6 Å². The molecule has 3 heteroatoms. The third kappa shape index (κ3) is 1.75. The topological polar surface area (TPSA) is 17.1 Å². The number of rotatable bonds is 0. The Bertz CT molecular complexity index is 373. The van der Waals surface area contributed by atoms with Crippen molar-refractivity contribution in [3.63, 3.8) is 0 Å². The summed E-state index contributed by atoms with van der Waals surface area (Å²) in [6.45, 7) is 0. The summed E-state index contributed by atoms with van der Waals surface area (Å²) in [4.78, 5) is 11.1. The van der Waals surface area contributed by atoms with Crippen LogP contribution in [0.1, 0.15) is 17.5 Å². The summed E-state index contributed by atoms with van der Waals surface area (Å²) in [5, 5.41) is 0. The van der Waals surface area contributed by atoms with Crippen molar-refractivity contribution in [2.45, 2.75) is 19.3 Å². The molecular formula is C10H8FIO. The van der Waals surface area contributed by atoms with Crippen LogP contribution < -0.4 is 0 Å². The molecule has 1 aliphatic carbocycles. The molecule has 0 heterocycles. The molecule has 0 saturated heterocycles. The number of halogens is 2. The van der Waals surface area contributed by atoms with Gasteiger partial charge in [0, 0.05) is 16.4 Å². The van der Waals surface area contributed by atoms with Gasteiger partial charge >= 0.3 is 0 Å². The van der Waals surface area contributed by atoms with Crippen molar-refractivity contribution in [2.75, 3.05) is 0 Å². The summed E-state index contributed by atoms with van der Waals surface area (Å²) in [7, 11) is 0. The van der Waals surface area contributed by atoms with Gasteiger partial charge < -0.3 is 0 Å². The predicted molar refractivity (Wildman–Crippen MR) is 56.1 cm³/mol. The molecule has 0 saturated carbocycles. The number of hydrogen-bond donors (Lipinski definition) is 0. The number of fused-ring (bicyclic) bond motifs is 1. The zero-order chi connectivity index (χ0) is 9.42. The monoisotopic (exact) mass is 290 g/mol. The molecular weight excluding hydrogens is 282 g/mol. The molecule has 1 aromatic rings. The van der Waals surface area contributed by atoms with Crippen LogP contribution in [0.5, 0.6) is 0 Å². The second-order valence-corrected chi connectivity index (χ2v) is 4.49. The van der Waals surface area contributed by atoms with E-state index in [0.29, 0.717) is 18.4 Å². The summed E-state index contributed by atoms with van der Waals surface area (Å²) in [6.07, 6.45) is 1.53. The Kier molecular flexibility index (Phi) is 2.36. The number of hydrogen-bond acceptors (Lipinski definition) is 1. The summed E-state index contributed by atoms with van der Waals surface area (Å²) in [5.41, 5.74) is 1.61. The normalized spacial score (nSPS) is 15.7. The molecule has 0 atom stereocenters. The highest BCUT2D eigenvalue weighted by Crippen LogP contribution is 2.24. The number of aryl methyl sites for hydroxylation is 1. The SMILES string of the molecule is O=C1CCc2cc(I)cc(F)c2C1. The standard InChI is InChI=1S/C10H8FIO/c11-10-4-7(12)3-6-1-2-8(13)5-9(6)10/h3-4H,1-2,5H2.